The first-order valence-electron chi connectivity index (χ1n) is 6.96. The molecule has 0 bridgehead atoms. The molecule has 1 aromatic carbocycles. The van der Waals surface area contributed by atoms with Gasteiger partial charge in [-0.3, -0.25) is 9.59 Å². The Bertz CT molecular complexity index is 636. The van der Waals surface area contributed by atoms with Crippen LogP contribution in [-0.2, 0) is 23.9 Å². The predicted molar refractivity (Wildman–Crippen MR) is 84.9 cm³/mol. The molecule has 0 fully saturated rings. The van der Waals surface area contributed by atoms with E-state index in [1.165, 1.54) is 20.2 Å². The van der Waals surface area contributed by atoms with E-state index in [1.807, 2.05) is 0 Å². The number of methoxy groups -OCH3 is 1. The summed E-state index contributed by atoms with van der Waals surface area (Å²) in [5.74, 6) is -2.09. The highest BCUT2D eigenvalue weighted by Gasteiger charge is 2.07. The zero-order valence-corrected chi connectivity index (χ0v) is 13.3. The molecule has 1 aromatic rings. The number of ether oxygens (including phenoxy) is 2. The standard InChI is InChI=1S/C16H18N2O6/c1-17-13(19)9-18-14(20)10-24-15(21)8-5-11-3-6-12(7-4-11)16(22)23-2/h3-8H,9-10H2,1-2H3,(H,17,19)(H,18,20)/b8-5+. The van der Waals surface area contributed by atoms with Gasteiger partial charge in [-0.2, -0.15) is 0 Å². The number of carbonyl (C=O) groups excluding carboxylic acids is 4. The van der Waals surface area contributed by atoms with Crippen LogP contribution in [0, 0.1) is 0 Å². The molecule has 0 heterocycles. The summed E-state index contributed by atoms with van der Waals surface area (Å²) in [5.41, 5.74) is 1.06. The number of carbonyl (C=O) groups is 4. The minimum Gasteiger partial charge on any atom is -0.465 e. The van der Waals surface area contributed by atoms with Gasteiger partial charge < -0.3 is 20.1 Å². The van der Waals surface area contributed by atoms with E-state index in [0.29, 0.717) is 11.1 Å². The summed E-state index contributed by atoms with van der Waals surface area (Å²) in [7, 11) is 2.73. The molecule has 0 aliphatic heterocycles. The molecule has 8 nitrogen and oxygen atoms in total. The van der Waals surface area contributed by atoms with E-state index >= 15 is 0 Å². The minimum absolute atomic E-state index is 0.185. The molecular formula is C16H18N2O6. The molecule has 0 radical (unpaired) electrons. The SMILES string of the molecule is CNC(=O)CNC(=O)COC(=O)/C=C/c1ccc(C(=O)OC)cc1. The summed E-state index contributed by atoms with van der Waals surface area (Å²) in [6, 6.07) is 6.38. The van der Waals surface area contributed by atoms with E-state index in [2.05, 4.69) is 15.4 Å². The second-order valence-electron chi connectivity index (χ2n) is 4.50. The third kappa shape index (κ3) is 6.73. The van der Waals surface area contributed by atoms with Crippen LogP contribution >= 0.6 is 0 Å². The maximum atomic E-state index is 11.5. The Balaban J connectivity index is 2.41. The number of likely N-dealkylation sites (N-methyl/N-ethyl adjacent to an activating group) is 1. The van der Waals surface area contributed by atoms with E-state index in [1.54, 1.807) is 24.3 Å². The first-order chi connectivity index (χ1) is 11.5. The van der Waals surface area contributed by atoms with Crippen LogP contribution < -0.4 is 10.6 Å². The number of nitrogens with one attached hydrogen (secondary N) is 2. The Morgan fingerprint density at radius 1 is 1.08 bits per heavy atom. The van der Waals surface area contributed by atoms with Crippen molar-refractivity contribution in [2.75, 3.05) is 27.3 Å². The first-order valence-corrected chi connectivity index (χ1v) is 6.96. The van der Waals surface area contributed by atoms with Crippen molar-refractivity contribution in [3.8, 4) is 0 Å². The topological polar surface area (TPSA) is 111 Å². The van der Waals surface area contributed by atoms with Crippen molar-refractivity contribution >= 4 is 29.8 Å². The fraction of sp³-hybridized carbons (Fsp3) is 0.250. The second-order valence-corrected chi connectivity index (χ2v) is 4.50. The fourth-order valence-corrected chi connectivity index (χ4v) is 1.52. The molecule has 0 aliphatic rings. The van der Waals surface area contributed by atoms with Gasteiger partial charge in [-0.25, -0.2) is 9.59 Å². The van der Waals surface area contributed by atoms with Crippen LogP contribution in [0.3, 0.4) is 0 Å². The molecule has 2 amide bonds. The highest BCUT2D eigenvalue weighted by molar-refractivity contribution is 5.91. The normalized spacial score (nSPS) is 10.1. The van der Waals surface area contributed by atoms with E-state index in [0.717, 1.165) is 6.08 Å². The van der Waals surface area contributed by atoms with E-state index < -0.39 is 24.5 Å². The molecule has 2 N–H and O–H groups in total. The lowest BCUT2D eigenvalue weighted by molar-refractivity contribution is -0.143. The zero-order valence-electron chi connectivity index (χ0n) is 13.3. The second kappa shape index (κ2) is 9.78. The van der Waals surface area contributed by atoms with Gasteiger partial charge in [0.05, 0.1) is 19.2 Å². The molecule has 24 heavy (non-hydrogen) atoms. The number of hydrogen-bond donors (Lipinski definition) is 2. The van der Waals surface area contributed by atoms with E-state index in [9.17, 15) is 19.2 Å². The van der Waals surface area contributed by atoms with Crippen molar-refractivity contribution in [1.29, 1.82) is 0 Å². The maximum Gasteiger partial charge on any atom is 0.337 e. The van der Waals surface area contributed by atoms with Gasteiger partial charge in [-0.05, 0) is 23.8 Å². The van der Waals surface area contributed by atoms with Gasteiger partial charge in [0.15, 0.2) is 6.61 Å². The van der Waals surface area contributed by atoms with Gasteiger partial charge in [0.2, 0.25) is 5.91 Å². The van der Waals surface area contributed by atoms with Gasteiger partial charge in [-0.1, -0.05) is 12.1 Å². The van der Waals surface area contributed by atoms with Gasteiger partial charge in [-0.15, -0.1) is 0 Å². The minimum atomic E-state index is -0.706. The molecule has 1 rings (SSSR count). The summed E-state index contributed by atoms with van der Waals surface area (Å²) in [6.45, 7) is -0.670. The average Bonchev–Trinajstić information content (AvgIpc) is 2.62. The summed E-state index contributed by atoms with van der Waals surface area (Å²) < 4.78 is 9.30. The first kappa shape index (κ1) is 18.9. The highest BCUT2D eigenvalue weighted by atomic mass is 16.5. The van der Waals surface area contributed by atoms with Crippen molar-refractivity contribution in [1.82, 2.24) is 10.6 Å². The van der Waals surface area contributed by atoms with Crippen LogP contribution in [0.2, 0.25) is 0 Å². The summed E-state index contributed by atoms with van der Waals surface area (Å²) in [6.07, 6.45) is 2.63. The van der Waals surface area contributed by atoms with Gasteiger partial charge in [0.1, 0.15) is 0 Å². The molecule has 0 aliphatic carbocycles. The van der Waals surface area contributed by atoms with E-state index in [-0.39, 0.29) is 12.5 Å². The molecule has 0 saturated heterocycles. The summed E-state index contributed by atoms with van der Waals surface area (Å²) in [4.78, 5) is 45.0. The van der Waals surface area contributed by atoms with Crippen LogP contribution in [0.15, 0.2) is 30.3 Å². The Morgan fingerprint density at radius 3 is 2.33 bits per heavy atom. The summed E-state index contributed by atoms with van der Waals surface area (Å²) >= 11 is 0. The van der Waals surface area contributed by atoms with Crippen LogP contribution in [-0.4, -0.2) is 51.1 Å². The maximum absolute atomic E-state index is 11.5. The third-order valence-corrected chi connectivity index (χ3v) is 2.81. The zero-order chi connectivity index (χ0) is 17.9. The highest BCUT2D eigenvalue weighted by Crippen LogP contribution is 2.07. The molecule has 0 aromatic heterocycles. The lowest BCUT2D eigenvalue weighted by Crippen LogP contribution is -2.37. The Kier molecular flexibility index (Phi) is 7.69. The van der Waals surface area contributed by atoms with Gasteiger partial charge in [0, 0.05) is 13.1 Å². The van der Waals surface area contributed by atoms with Crippen LogP contribution in [0.25, 0.3) is 6.08 Å². The van der Waals surface area contributed by atoms with Crippen LogP contribution in [0.4, 0.5) is 0 Å². The Hall–Kier alpha value is -3.16. The molecular weight excluding hydrogens is 316 g/mol. The van der Waals surface area contributed by atoms with Crippen molar-refractivity contribution in [3.05, 3.63) is 41.5 Å². The summed E-state index contributed by atoms with van der Waals surface area (Å²) in [5, 5.41) is 4.63. The lowest BCUT2D eigenvalue weighted by atomic mass is 10.1. The number of rotatable bonds is 7. The van der Waals surface area contributed by atoms with Crippen LogP contribution in [0.1, 0.15) is 15.9 Å². The number of amides is 2. The van der Waals surface area contributed by atoms with E-state index in [4.69, 9.17) is 4.74 Å². The molecule has 0 spiro atoms. The molecule has 0 atom stereocenters. The predicted octanol–water partition coefficient (Wildman–Crippen LogP) is -0.108. The monoisotopic (exact) mass is 334 g/mol. The Labute approximate surface area is 138 Å². The van der Waals surface area contributed by atoms with Crippen molar-refractivity contribution in [3.63, 3.8) is 0 Å². The van der Waals surface area contributed by atoms with Gasteiger partial charge >= 0.3 is 11.9 Å². The Morgan fingerprint density at radius 2 is 1.75 bits per heavy atom. The molecule has 0 saturated carbocycles. The van der Waals surface area contributed by atoms with Crippen molar-refractivity contribution in [2.24, 2.45) is 0 Å². The molecule has 128 valence electrons. The largest absolute Gasteiger partial charge is 0.465 e. The average molecular weight is 334 g/mol. The molecule has 0 unspecified atom stereocenters. The molecule has 8 heteroatoms. The van der Waals surface area contributed by atoms with Crippen molar-refractivity contribution < 1.29 is 28.7 Å². The number of benzene rings is 1. The lowest BCUT2D eigenvalue weighted by Gasteiger charge is -2.04. The van der Waals surface area contributed by atoms with Gasteiger partial charge in [0.25, 0.3) is 5.91 Å². The van der Waals surface area contributed by atoms with Crippen molar-refractivity contribution in [2.45, 2.75) is 0 Å². The third-order valence-electron chi connectivity index (χ3n) is 2.81. The number of esters is 2. The quantitative estimate of drug-likeness (QED) is 0.532. The smallest absolute Gasteiger partial charge is 0.337 e. The van der Waals surface area contributed by atoms with Crippen LogP contribution in [0.5, 0.6) is 0 Å². The number of hydrogen-bond acceptors (Lipinski definition) is 6. The fourth-order valence-electron chi connectivity index (χ4n) is 1.52.